The van der Waals surface area contributed by atoms with Crippen LogP contribution >= 0.6 is 22.6 Å². The zero-order valence-electron chi connectivity index (χ0n) is 7.67. The maximum absolute atomic E-state index is 12.7. The van der Waals surface area contributed by atoms with Gasteiger partial charge in [0.05, 0.1) is 12.3 Å². The molecule has 2 N–H and O–H groups in total. The fourth-order valence-corrected chi connectivity index (χ4v) is 1.49. The highest BCUT2D eigenvalue weighted by Gasteiger charge is 2.06. The number of aliphatic hydroxyl groups excluding tert-OH is 1. The summed E-state index contributed by atoms with van der Waals surface area (Å²) in [6.45, 7) is -0.294. The number of nitrogens with one attached hydrogen (secondary N) is 1. The molecule has 0 saturated heterocycles. The van der Waals surface area contributed by atoms with Crippen LogP contribution in [0.1, 0.15) is 0 Å². The highest BCUT2D eigenvalue weighted by Crippen LogP contribution is 2.18. The van der Waals surface area contributed by atoms with Crippen LogP contribution in [0.5, 0.6) is 0 Å². The van der Waals surface area contributed by atoms with E-state index in [-0.39, 0.29) is 19.0 Å². The first-order valence-corrected chi connectivity index (χ1v) is 5.21. The van der Waals surface area contributed by atoms with Gasteiger partial charge in [0.2, 0.25) is 0 Å². The molecule has 0 saturated carbocycles. The van der Waals surface area contributed by atoms with Crippen molar-refractivity contribution in [2.45, 2.75) is 0 Å². The molecule has 0 unspecified atom stereocenters. The molecule has 15 heavy (non-hydrogen) atoms. The van der Waals surface area contributed by atoms with E-state index in [2.05, 4.69) is 10.1 Å². The van der Waals surface area contributed by atoms with E-state index in [4.69, 9.17) is 5.11 Å². The molecule has 1 amide bonds. The molecule has 1 rings (SSSR count). The molecule has 0 bridgehead atoms. The molecule has 0 atom stereocenters. The second-order valence-electron chi connectivity index (χ2n) is 2.61. The van der Waals surface area contributed by atoms with E-state index in [1.165, 1.54) is 18.2 Å². The lowest BCUT2D eigenvalue weighted by atomic mass is 10.3. The Morgan fingerprint density at radius 3 is 2.93 bits per heavy atom. The molecule has 0 aliphatic rings. The van der Waals surface area contributed by atoms with Crippen molar-refractivity contribution in [3.63, 3.8) is 0 Å². The van der Waals surface area contributed by atoms with Gasteiger partial charge < -0.3 is 9.84 Å². The molecule has 0 radical (unpaired) electrons. The van der Waals surface area contributed by atoms with Crippen LogP contribution in [0.4, 0.5) is 14.9 Å². The molecule has 0 aliphatic carbocycles. The van der Waals surface area contributed by atoms with Crippen LogP contribution in [0.25, 0.3) is 0 Å². The Kier molecular flexibility index (Phi) is 4.76. The molecular weight excluding hydrogens is 316 g/mol. The first-order chi connectivity index (χ1) is 7.13. The lowest BCUT2D eigenvalue weighted by Crippen LogP contribution is -2.16. The number of amides is 1. The standard InChI is InChI=1S/C9H9FINO3/c10-6-1-2-8(7(11)5-6)12-9(14)15-4-3-13/h1-2,5,13H,3-4H2,(H,12,14). The predicted molar refractivity (Wildman–Crippen MR) is 61.2 cm³/mol. The number of hydrogen-bond acceptors (Lipinski definition) is 3. The number of anilines is 1. The Balaban J connectivity index is 2.60. The average molecular weight is 325 g/mol. The maximum atomic E-state index is 12.7. The van der Waals surface area contributed by atoms with Gasteiger partial charge in [-0.05, 0) is 40.8 Å². The molecule has 0 aromatic heterocycles. The third-order valence-corrected chi connectivity index (χ3v) is 2.38. The molecule has 0 spiro atoms. The van der Waals surface area contributed by atoms with Crippen LogP contribution in [-0.4, -0.2) is 24.4 Å². The number of halogens is 2. The van der Waals surface area contributed by atoms with Crippen LogP contribution in [-0.2, 0) is 4.74 Å². The predicted octanol–water partition coefficient (Wildman–Crippen LogP) is 1.97. The van der Waals surface area contributed by atoms with Gasteiger partial charge in [0.25, 0.3) is 0 Å². The summed E-state index contributed by atoms with van der Waals surface area (Å²) in [5.41, 5.74) is 0.472. The van der Waals surface area contributed by atoms with Crippen LogP contribution in [0.15, 0.2) is 18.2 Å². The van der Waals surface area contributed by atoms with Gasteiger partial charge in [0, 0.05) is 3.57 Å². The molecule has 82 valence electrons. The van der Waals surface area contributed by atoms with E-state index in [1.54, 1.807) is 0 Å². The Bertz CT molecular complexity index is 359. The normalized spacial score (nSPS) is 9.80. The van der Waals surface area contributed by atoms with Gasteiger partial charge in [0.1, 0.15) is 12.4 Å². The average Bonchev–Trinajstić information content (AvgIpc) is 2.19. The van der Waals surface area contributed by atoms with Crippen molar-refractivity contribution >= 4 is 34.4 Å². The van der Waals surface area contributed by atoms with Gasteiger partial charge in [-0.1, -0.05) is 0 Å². The third kappa shape index (κ3) is 4.00. The van der Waals surface area contributed by atoms with Crippen molar-refractivity contribution in [1.29, 1.82) is 0 Å². The molecule has 4 nitrogen and oxygen atoms in total. The monoisotopic (exact) mass is 325 g/mol. The summed E-state index contributed by atoms with van der Waals surface area (Å²) < 4.78 is 17.9. The number of ether oxygens (including phenoxy) is 1. The number of carbonyl (C=O) groups is 1. The summed E-state index contributed by atoms with van der Waals surface area (Å²) in [4.78, 5) is 11.1. The molecule has 1 aromatic carbocycles. The third-order valence-electron chi connectivity index (χ3n) is 1.49. The molecule has 0 heterocycles. The molecule has 0 fully saturated rings. The maximum Gasteiger partial charge on any atom is 0.411 e. The Morgan fingerprint density at radius 1 is 1.60 bits per heavy atom. The highest BCUT2D eigenvalue weighted by molar-refractivity contribution is 14.1. The minimum atomic E-state index is -0.673. The number of carbonyl (C=O) groups excluding carboxylic acids is 1. The van der Waals surface area contributed by atoms with Crippen LogP contribution in [0.2, 0.25) is 0 Å². The minimum Gasteiger partial charge on any atom is -0.447 e. The van der Waals surface area contributed by atoms with Crippen molar-refractivity contribution in [2.24, 2.45) is 0 Å². The smallest absolute Gasteiger partial charge is 0.411 e. The quantitative estimate of drug-likeness (QED) is 0.836. The zero-order chi connectivity index (χ0) is 11.3. The van der Waals surface area contributed by atoms with Crippen molar-refractivity contribution in [1.82, 2.24) is 0 Å². The van der Waals surface area contributed by atoms with E-state index in [9.17, 15) is 9.18 Å². The second-order valence-corrected chi connectivity index (χ2v) is 3.77. The van der Waals surface area contributed by atoms with E-state index >= 15 is 0 Å². The Hall–Kier alpha value is -0.890. The zero-order valence-corrected chi connectivity index (χ0v) is 9.82. The Morgan fingerprint density at radius 2 is 2.33 bits per heavy atom. The summed E-state index contributed by atoms with van der Waals surface area (Å²) in [6, 6.07) is 3.98. The summed E-state index contributed by atoms with van der Waals surface area (Å²) in [7, 11) is 0. The molecule has 1 aromatic rings. The van der Waals surface area contributed by atoms with Crippen molar-refractivity contribution in [3.8, 4) is 0 Å². The molecular formula is C9H9FINO3. The van der Waals surface area contributed by atoms with Crippen molar-refractivity contribution < 1.29 is 19.0 Å². The largest absolute Gasteiger partial charge is 0.447 e. The van der Waals surface area contributed by atoms with E-state index in [0.29, 0.717) is 9.26 Å². The van der Waals surface area contributed by atoms with Gasteiger partial charge in [-0.25, -0.2) is 9.18 Å². The molecule has 0 aliphatic heterocycles. The number of benzene rings is 1. The van der Waals surface area contributed by atoms with E-state index < -0.39 is 6.09 Å². The lowest BCUT2D eigenvalue weighted by Gasteiger charge is -2.07. The van der Waals surface area contributed by atoms with Gasteiger partial charge in [-0.2, -0.15) is 0 Å². The number of hydrogen-bond donors (Lipinski definition) is 2. The fraction of sp³-hybridized carbons (Fsp3) is 0.222. The van der Waals surface area contributed by atoms with E-state index in [1.807, 2.05) is 22.6 Å². The summed E-state index contributed by atoms with van der Waals surface area (Å²) in [5, 5.41) is 10.8. The second kappa shape index (κ2) is 5.86. The van der Waals surface area contributed by atoms with Crippen molar-refractivity contribution in [3.05, 3.63) is 27.6 Å². The van der Waals surface area contributed by atoms with Gasteiger partial charge >= 0.3 is 6.09 Å². The Labute approximate surface area is 99.6 Å². The SMILES string of the molecule is O=C(Nc1ccc(F)cc1I)OCCO. The van der Waals surface area contributed by atoms with Gasteiger partial charge in [-0.15, -0.1) is 0 Å². The summed E-state index contributed by atoms with van der Waals surface area (Å²) in [6.07, 6.45) is -0.673. The summed E-state index contributed by atoms with van der Waals surface area (Å²) in [5.74, 6) is -0.367. The molecule has 6 heteroatoms. The highest BCUT2D eigenvalue weighted by atomic mass is 127. The lowest BCUT2D eigenvalue weighted by molar-refractivity contribution is 0.131. The number of rotatable bonds is 3. The van der Waals surface area contributed by atoms with Crippen LogP contribution in [0.3, 0.4) is 0 Å². The van der Waals surface area contributed by atoms with E-state index in [0.717, 1.165) is 0 Å². The van der Waals surface area contributed by atoms with Gasteiger partial charge in [0.15, 0.2) is 0 Å². The summed E-state index contributed by atoms with van der Waals surface area (Å²) >= 11 is 1.90. The topological polar surface area (TPSA) is 58.6 Å². The fourth-order valence-electron chi connectivity index (χ4n) is 0.875. The van der Waals surface area contributed by atoms with Gasteiger partial charge in [-0.3, -0.25) is 5.32 Å². The first kappa shape index (κ1) is 12.2. The van der Waals surface area contributed by atoms with Crippen molar-refractivity contribution in [2.75, 3.05) is 18.5 Å². The number of aliphatic hydroxyl groups is 1. The van der Waals surface area contributed by atoms with Crippen LogP contribution < -0.4 is 5.32 Å². The first-order valence-electron chi connectivity index (χ1n) is 4.13. The van der Waals surface area contributed by atoms with Crippen LogP contribution in [0, 0.1) is 9.39 Å². The minimum absolute atomic E-state index is 0.0659.